The van der Waals surface area contributed by atoms with Gasteiger partial charge in [0.1, 0.15) is 11.5 Å². The summed E-state index contributed by atoms with van der Waals surface area (Å²) in [6.07, 6.45) is 4.21. The largest absolute Gasteiger partial charge is 0.453 e. The first-order valence-electron chi connectivity index (χ1n) is 11.9. The molecule has 188 valence electrons. The van der Waals surface area contributed by atoms with E-state index in [4.69, 9.17) is 9.47 Å². The lowest BCUT2D eigenvalue weighted by Gasteiger charge is -2.09. The highest BCUT2D eigenvalue weighted by molar-refractivity contribution is 7.22. The number of ether oxygens (including phenoxy) is 2. The third kappa shape index (κ3) is 6.72. The molecule has 0 saturated carbocycles. The van der Waals surface area contributed by atoms with Crippen molar-refractivity contribution < 1.29 is 18.7 Å². The van der Waals surface area contributed by atoms with E-state index in [9.17, 15) is 9.18 Å². The van der Waals surface area contributed by atoms with E-state index in [0.717, 1.165) is 39.4 Å². The summed E-state index contributed by atoms with van der Waals surface area (Å²) in [7, 11) is 1.68. The topological polar surface area (TPSA) is 73.3 Å². The van der Waals surface area contributed by atoms with Gasteiger partial charge < -0.3 is 14.8 Å². The number of nitrogens with zero attached hydrogens (tertiary/aromatic N) is 2. The summed E-state index contributed by atoms with van der Waals surface area (Å²) in [6, 6.07) is 12.4. The van der Waals surface area contributed by atoms with Gasteiger partial charge in [-0.1, -0.05) is 26.0 Å². The van der Waals surface area contributed by atoms with Crippen molar-refractivity contribution in [2.75, 3.05) is 20.3 Å². The van der Waals surface area contributed by atoms with Gasteiger partial charge in [0.2, 0.25) is 0 Å². The lowest BCUT2D eigenvalue weighted by Crippen LogP contribution is -2.18. The average molecular weight is 508 g/mol. The Labute approximate surface area is 214 Å². The second-order valence-corrected chi connectivity index (χ2v) is 10.1. The van der Waals surface area contributed by atoms with Gasteiger partial charge in [-0.25, -0.2) is 4.39 Å². The number of fused-ring (bicyclic) bond motifs is 1. The summed E-state index contributed by atoms with van der Waals surface area (Å²) in [5, 5.41) is 3.30. The maximum atomic E-state index is 14.8. The molecule has 0 aliphatic rings. The Balaban J connectivity index is 1.49. The first-order chi connectivity index (χ1) is 17.4. The molecule has 0 aliphatic heterocycles. The highest BCUT2D eigenvalue weighted by Crippen LogP contribution is 2.39. The van der Waals surface area contributed by atoms with Crippen LogP contribution in [0.3, 0.4) is 0 Å². The molecule has 3 aromatic heterocycles. The highest BCUT2D eigenvalue weighted by atomic mass is 32.1. The normalized spacial score (nSPS) is 11.4. The molecule has 0 saturated heterocycles. The first kappa shape index (κ1) is 25.9. The molecule has 0 radical (unpaired) electrons. The number of pyridine rings is 2. The number of hydrogen-bond donors (Lipinski definition) is 1. The molecule has 6 nitrogen and oxygen atoms in total. The molecule has 0 fully saturated rings. The van der Waals surface area contributed by atoms with Gasteiger partial charge in [-0.2, -0.15) is 0 Å². The molecule has 0 bridgehead atoms. The summed E-state index contributed by atoms with van der Waals surface area (Å²) < 4.78 is 26.6. The van der Waals surface area contributed by atoms with E-state index in [1.807, 2.05) is 38.2 Å². The zero-order valence-corrected chi connectivity index (χ0v) is 21.5. The maximum absolute atomic E-state index is 14.8. The van der Waals surface area contributed by atoms with Crippen molar-refractivity contribution >= 4 is 27.3 Å². The van der Waals surface area contributed by atoms with Gasteiger partial charge in [-0.3, -0.25) is 14.8 Å². The van der Waals surface area contributed by atoms with Crippen molar-refractivity contribution in [3.63, 3.8) is 0 Å². The number of halogens is 1. The lowest BCUT2D eigenvalue weighted by atomic mass is 10.0. The van der Waals surface area contributed by atoms with E-state index in [1.165, 1.54) is 17.4 Å². The molecule has 8 heteroatoms. The van der Waals surface area contributed by atoms with Gasteiger partial charge in [-0.05, 0) is 41.3 Å². The van der Waals surface area contributed by atoms with Crippen LogP contribution >= 0.6 is 11.3 Å². The molecular formula is C28H30FN3O3S. The fourth-order valence-corrected chi connectivity index (χ4v) is 4.86. The van der Waals surface area contributed by atoms with Gasteiger partial charge in [0.05, 0.1) is 27.4 Å². The number of Topliss-reactive ketones (excluding diaryl/α,β-unsaturated/α-hetero) is 1. The SMILES string of the molecule is COCCNCc1ccc(-c2cc3nccc(Oc4ccc(CC(=O)CC(C)C)cc4F)c3s2)nc1. The number of benzene rings is 1. The molecular weight excluding hydrogens is 477 g/mol. The van der Waals surface area contributed by atoms with Crippen LogP contribution in [0.25, 0.3) is 20.8 Å². The van der Waals surface area contributed by atoms with Crippen molar-refractivity contribution in [1.82, 2.24) is 15.3 Å². The number of rotatable bonds is 12. The van der Waals surface area contributed by atoms with Gasteiger partial charge in [0.25, 0.3) is 0 Å². The van der Waals surface area contributed by atoms with Gasteiger partial charge in [0.15, 0.2) is 11.6 Å². The minimum atomic E-state index is -0.497. The van der Waals surface area contributed by atoms with E-state index in [0.29, 0.717) is 24.3 Å². The number of hydrogen-bond acceptors (Lipinski definition) is 7. The van der Waals surface area contributed by atoms with Crippen molar-refractivity contribution in [3.05, 3.63) is 71.8 Å². The van der Waals surface area contributed by atoms with Gasteiger partial charge >= 0.3 is 0 Å². The molecule has 3 heterocycles. The fraction of sp³-hybridized carbons (Fsp3) is 0.321. The molecule has 0 spiro atoms. The van der Waals surface area contributed by atoms with Crippen LogP contribution in [-0.4, -0.2) is 36.0 Å². The second-order valence-electron chi connectivity index (χ2n) is 9.04. The highest BCUT2D eigenvalue weighted by Gasteiger charge is 2.15. The third-order valence-electron chi connectivity index (χ3n) is 5.52. The predicted molar refractivity (Wildman–Crippen MR) is 141 cm³/mol. The van der Waals surface area contributed by atoms with Crippen molar-refractivity contribution in [3.8, 4) is 22.1 Å². The molecule has 0 atom stereocenters. The van der Waals surface area contributed by atoms with Crippen LogP contribution in [0.1, 0.15) is 31.4 Å². The second kappa shape index (κ2) is 12.2. The minimum Gasteiger partial charge on any atom is -0.453 e. The maximum Gasteiger partial charge on any atom is 0.166 e. The predicted octanol–water partition coefficient (Wildman–Crippen LogP) is 6.18. The molecule has 1 N–H and O–H groups in total. The first-order valence-corrected chi connectivity index (χ1v) is 12.8. The summed E-state index contributed by atoms with van der Waals surface area (Å²) in [4.78, 5) is 22.1. The van der Waals surface area contributed by atoms with Crippen LogP contribution < -0.4 is 10.1 Å². The van der Waals surface area contributed by atoms with E-state index in [1.54, 1.807) is 31.5 Å². The van der Waals surface area contributed by atoms with E-state index >= 15 is 0 Å². The Kier molecular flexibility index (Phi) is 8.74. The molecule has 1 aromatic carbocycles. The Morgan fingerprint density at radius 1 is 1.08 bits per heavy atom. The number of ketones is 1. The molecule has 0 amide bonds. The van der Waals surface area contributed by atoms with Crippen LogP contribution in [0.4, 0.5) is 4.39 Å². The molecule has 0 unspecified atom stereocenters. The lowest BCUT2D eigenvalue weighted by molar-refractivity contribution is -0.119. The smallest absolute Gasteiger partial charge is 0.166 e. The Morgan fingerprint density at radius 3 is 2.64 bits per heavy atom. The standard InChI is InChI=1S/C28H30FN3O3S/c1-18(2)12-21(33)13-19-5-7-25(22(29)14-19)35-26-8-9-31-24-15-27(36-28(24)26)23-6-4-20(17-32-23)16-30-10-11-34-3/h4-9,14-15,17-18,30H,10-13,16H2,1-3H3. The van der Waals surface area contributed by atoms with Crippen LogP contribution in [0.2, 0.25) is 0 Å². The number of carbonyl (C=O) groups is 1. The fourth-order valence-electron chi connectivity index (χ4n) is 3.81. The van der Waals surface area contributed by atoms with Crippen molar-refractivity contribution in [2.24, 2.45) is 5.92 Å². The summed E-state index contributed by atoms with van der Waals surface area (Å²) in [6.45, 7) is 6.16. The van der Waals surface area contributed by atoms with Crippen LogP contribution in [0.15, 0.2) is 54.9 Å². The molecule has 4 rings (SSSR count). The summed E-state index contributed by atoms with van der Waals surface area (Å²) in [5.41, 5.74) is 3.33. The number of aromatic nitrogens is 2. The Bertz CT molecular complexity index is 1320. The number of thiophene rings is 1. The monoisotopic (exact) mass is 507 g/mol. The zero-order chi connectivity index (χ0) is 25.5. The van der Waals surface area contributed by atoms with E-state index in [2.05, 4.69) is 15.3 Å². The zero-order valence-electron chi connectivity index (χ0n) is 20.7. The van der Waals surface area contributed by atoms with Crippen molar-refractivity contribution in [1.29, 1.82) is 0 Å². The number of nitrogens with one attached hydrogen (secondary N) is 1. The Morgan fingerprint density at radius 2 is 1.92 bits per heavy atom. The van der Waals surface area contributed by atoms with Crippen LogP contribution in [0, 0.1) is 11.7 Å². The Hall–Kier alpha value is -3.20. The summed E-state index contributed by atoms with van der Waals surface area (Å²) in [5.74, 6) is 0.525. The quantitative estimate of drug-likeness (QED) is 0.231. The van der Waals surface area contributed by atoms with Crippen LogP contribution in [0.5, 0.6) is 11.5 Å². The number of carbonyl (C=O) groups excluding carboxylic acids is 1. The molecule has 4 aromatic rings. The van der Waals surface area contributed by atoms with E-state index in [-0.39, 0.29) is 23.9 Å². The van der Waals surface area contributed by atoms with Crippen LogP contribution in [-0.2, 0) is 22.5 Å². The van der Waals surface area contributed by atoms with Gasteiger partial charge in [-0.15, -0.1) is 11.3 Å². The van der Waals surface area contributed by atoms with E-state index < -0.39 is 5.82 Å². The molecule has 36 heavy (non-hydrogen) atoms. The minimum absolute atomic E-state index is 0.101. The third-order valence-corrected chi connectivity index (χ3v) is 6.68. The van der Waals surface area contributed by atoms with Crippen molar-refractivity contribution in [2.45, 2.75) is 33.2 Å². The molecule has 0 aliphatic carbocycles. The van der Waals surface area contributed by atoms with Gasteiger partial charge in [0, 0.05) is 51.5 Å². The number of methoxy groups -OCH3 is 1. The summed E-state index contributed by atoms with van der Waals surface area (Å²) >= 11 is 1.50. The average Bonchev–Trinajstić information content (AvgIpc) is 3.29.